The van der Waals surface area contributed by atoms with Crippen molar-refractivity contribution in [2.75, 3.05) is 26.2 Å². The van der Waals surface area contributed by atoms with E-state index in [1.54, 1.807) is 11.8 Å². The first-order chi connectivity index (χ1) is 7.56. The van der Waals surface area contributed by atoms with Crippen LogP contribution in [0.1, 0.15) is 27.7 Å². The standard InChI is InChI=1S/C11H23N3O2/c1-5-12-10(15)8-13-9(4)11(16)14(6-2)7-3/h9,13H,5-8H2,1-4H3,(H,12,15). The molecule has 1 unspecified atom stereocenters. The minimum Gasteiger partial charge on any atom is -0.355 e. The van der Waals surface area contributed by atoms with E-state index in [4.69, 9.17) is 0 Å². The fraction of sp³-hybridized carbons (Fsp3) is 0.818. The van der Waals surface area contributed by atoms with Crippen LogP contribution in [0.25, 0.3) is 0 Å². The molecular formula is C11H23N3O2. The summed E-state index contributed by atoms with van der Waals surface area (Å²) in [4.78, 5) is 24.7. The van der Waals surface area contributed by atoms with Crippen LogP contribution < -0.4 is 10.6 Å². The van der Waals surface area contributed by atoms with Crippen LogP contribution in [0.15, 0.2) is 0 Å². The Morgan fingerprint density at radius 3 is 2.19 bits per heavy atom. The zero-order valence-electron chi connectivity index (χ0n) is 10.7. The predicted octanol–water partition coefficient (Wildman–Crippen LogP) is -0.0310. The molecule has 0 saturated carbocycles. The van der Waals surface area contributed by atoms with Gasteiger partial charge in [-0.25, -0.2) is 0 Å². The Balaban J connectivity index is 4.00. The van der Waals surface area contributed by atoms with E-state index in [2.05, 4.69) is 10.6 Å². The predicted molar refractivity (Wildman–Crippen MR) is 64.1 cm³/mol. The third-order valence-electron chi connectivity index (χ3n) is 2.39. The molecule has 16 heavy (non-hydrogen) atoms. The number of nitrogens with zero attached hydrogens (tertiary/aromatic N) is 1. The van der Waals surface area contributed by atoms with Crippen molar-refractivity contribution >= 4 is 11.8 Å². The first kappa shape index (κ1) is 14.9. The monoisotopic (exact) mass is 229 g/mol. The van der Waals surface area contributed by atoms with Crippen molar-refractivity contribution in [1.82, 2.24) is 15.5 Å². The normalized spacial score (nSPS) is 12.0. The molecule has 0 radical (unpaired) electrons. The number of likely N-dealkylation sites (N-methyl/N-ethyl adjacent to an activating group) is 2. The van der Waals surface area contributed by atoms with Gasteiger partial charge in [0.05, 0.1) is 12.6 Å². The molecule has 0 heterocycles. The fourth-order valence-electron chi connectivity index (χ4n) is 1.40. The Hall–Kier alpha value is -1.10. The fourth-order valence-corrected chi connectivity index (χ4v) is 1.40. The molecule has 2 amide bonds. The van der Waals surface area contributed by atoms with Gasteiger partial charge in [-0.15, -0.1) is 0 Å². The smallest absolute Gasteiger partial charge is 0.239 e. The number of amides is 2. The molecule has 5 nitrogen and oxygen atoms in total. The molecular weight excluding hydrogens is 206 g/mol. The zero-order valence-corrected chi connectivity index (χ0v) is 10.7. The Morgan fingerprint density at radius 1 is 1.19 bits per heavy atom. The van der Waals surface area contributed by atoms with Crippen molar-refractivity contribution in [3.8, 4) is 0 Å². The number of hydrogen-bond acceptors (Lipinski definition) is 3. The van der Waals surface area contributed by atoms with Crippen molar-refractivity contribution in [2.45, 2.75) is 33.7 Å². The van der Waals surface area contributed by atoms with Gasteiger partial charge in [-0.3, -0.25) is 14.9 Å². The van der Waals surface area contributed by atoms with Gasteiger partial charge in [0.2, 0.25) is 11.8 Å². The van der Waals surface area contributed by atoms with E-state index < -0.39 is 0 Å². The highest BCUT2D eigenvalue weighted by molar-refractivity contribution is 5.83. The lowest BCUT2D eigenvalue weighted by molar-refractivity contribution is -0.132. The number of nitrogens with one attached hydrogen (secondary N) is 2. The van der Waals surface area contributed by atoms with Gasteiger partial charge in [0, 0.05) is 19.6 Å². The lowest BCUT2D eigenvalue weighted by Gasteiger charge is -2.23. The molecule has 0 aromatic heterocycles. The molecule has 0 fully saturated rings. The lowest BCUT2D eigenvalue weighted by atomic mass is 10.2. The second-order valence-electron chi connectivity index (χ2n) is 3.57. The van der Waals surface area contributed by atoms with E-state index in [-0.39, 0.29) is 24.4 Å². The summed E-state index contributed by atoms with van der Waals surface area (Å²) in [6.45, 7) is 9.71. The van der Waals surface area contributed by atoms with Gasteiger partial charge in [0.15, 0.2) is 0 Å². The topological polar surface area (TPSA) is 61.4 Å². The summed E-state index contributed by atoms with van der Waals surface area (Å²) in [5.41, 5.74) is 0. The number of rotatable bonds is 7. The quantitative estimate of drug-likeness (QED) is 0.644. The summed E-state index contributed by atoms with van der Waals surface area (Å²) in [6.07, 6.45) is 0. The van der Waals surface area contributed by atoms with Crippen LogP contribution in [0.4, 0.5) is 0 Å². The zero-order chi connectivity index (χ0) is 12.6. The Morgan fingerprint density at radius 2 is 1.75 bits per heavy atom. The van der Waals surface area contributed by atoms with Crippen LogP contribution in [0.3, 0.4) is 0 Å². The molecule has 94 valence electrons. The van der Waals surface area contributed by atoms with E-state index >= 15 is 0 Å². The van der Waals surface area contributed by atoms with Crippen molar-refractivity contribution in [1.29, 1.82) is 0 Å². The summed E-state index contributed by atoms with van der Waals surface area (Å²) in [5, 5.41) is 5.58. The van der Waals surface area contributed by atoms with Gasteiger partial charge in [-0.1, -0.05) is 0 Å². The molecule has 0 saturated heterocycles. The Bertz CT molecular complexity index is 227. The Labute approximate surface area is 97.6 Å². The Kier molecular flexibility index (Phi) is 7.54. The summed E-state index contributed by atoms with van der Waals surface area (Å²) in [7, 11) is 0. The highest BCUT2D eigenvalue weighted by atomic mass is 16.2. The van der Waals surface area contributed by atoms with Gasteiger partial charge >= 0.3 is 0 Å². The average molecular weight is 229 g/mol. The van der Waals surface area contributed by atoms with Crippen LogP contribution in [0, 0.1) is 0 Å². The molecule has 0 rings (SSSR count). The second kappa shape index (κ2) is 8.10. The van der Waals surface area contributed by atoms with Gasteiger partial charge in [0.1, 0.15) is 0 Å². The van der Waals surface area contributed by atoms with Crippen LogP contribution in [0.5, 0.6) is 0 Å². The van der Waals surface area contributed by atoms with Crippen molar-refractivity contribution < 1.29 is 9.59 Å². The minimum absolute atomic E-state index is 0.0364. The van der Waals surface area contributed by atoms with Crippen LogP contribution in [-0.2, 0) is 9.59 Å². The molecule has 0 aromatic rings. The molecule has 0 aliphatic heterocycles. The third kappa shape index (κ3) is 5.11. The van der Waals surface area contributed by atoms with E-state index in [1.165, 1.54) is 0 Å². The van der Waals surface area contributed by atoms with Crippen LogP contribution in [-0.4, -0.2) is 48.9 Å². The summed E-state index contributed by atoms with van der Waals surface area (Å²) < 4.78 is 0. The first-order valence-corrected chi connectivity index (χ1v) is 5.85. The first-order valence-electron chi connectivity index (χ1n) is 5.85. The second-order valence-corrected chi connectivity index (χ2v) is 3.57. The van der Waals surface area contributed by atoms with Crippen molar-refractivity contribution in [2.24, 2.45) is 0 Å². The number of carbonyl (C=O) groups excluding carboxylic acids is 2. The summed E-state index contributed by atoms with van der Waals surface area (Å²) in [5.74, 6) is -0.0454. The molecule has 0 spiro atoms. The van der Waals surface area contributed by atoms with Crippen LogP contribution in [0.2, 0.25) is 0 Å². The molecule has 0 aliphatic carbocycles. The largest absolute Gasteiger partial charge is 0.355 e. The number of carbonyl (C=O) groups is 2. The number of hydrogen-bond donors (Lipinski definition) is 2. The van der Waals surface area contributed by atoms with Gasteiger partial charge in [0.25, 0.3) is 0 Å². The molecule has 1 atom stereocenters. The van der Waals surface area contributed by atoms with E-state index in [0.29, 0.717) is 19.6 Å². The lowest BCUT2D eigenvalue weighted by Crippen LogP contribution is -2.47. The highest BCUT2D eigenvalue weighted by Gasteiger charge is 2.17. The van der Waals surface area contributed by atoms with E-state index in [0.717, 1.165) is 0 Å². The average Bonchev–Trinajstić information content (AvgIpc) is 2.27. The molecule has 2 N–H and O–H groups in total. The van der Waals surface area contributed by atoms with E-state index in [1.807, 2.05) is 20.8 Å². The minimum atomic E-state index is -0.317. The summed E-state index contributed by atoms with van der Waals surface area (Å²) in [6, 6.07) is -0.317. The maximum atomic E-state index is 11.8. The highest BCUT2D eigenvalue weighted by Crippen LogP contribution is 1.94. The van der Waals surface area contributed by atoms with Gasteiger partial charge < -0.3 is 10.2 Å². The molecule has 0 aromatic carbocycles. The third-order valence-corrected chi connectivity index (χ3v) is 2.39. The maximum absolute atomic E-state index is 11.8. The van der Waals surface area contributed by atoms with Gasteiger partial charge in [-0.2, -0.15) is 0 Å². The van der Waals surface area contributed by atoms with Crippen molar-refractivity contribution in [3.63, 3.8) is 0 Å². The van der Waals surface area contributed by atoms with Crippen LogP contribution >= 0.6 is 0 Å². The van der Waals surface area contributed by atoms with Gasteiger partial charge in [-0.05, 0) is 27.7 Å². The van der Waals surface area contributed by atoms with E-state index in [9.17, 15) is 9.59 Å². The summed E-state index contributed by atoms with van der Waals surface area (Å²) >= 11 is 0. The molecule has 0 aliphatic rings. The molecule has 0 bridgehead atoms. The molecule has 5 heteroatoms. The maximum Gasteiger partial charge on any atom is 0.239 e. The van der Waals surface area contributed by atoms with Crippen molar-refractivity contribution in [3.05, 3.63) is 0 Å². The SMILES string of the molecule is CCNC(=O)CNC(C)C(=O)N(CC)CC.